The van der Waals surface area contributed by atoms with Gasteiger partial charge in [-0.1, -0.05) is 81.4 Å². The molecule has 0 bridgehead atoms. The molecule has 170 valence electrons. The van der Waals surface area contributed by atoms with Gasteiger partial charge in [0.05, 0.1) is 6.42 Å². The minimum absolute atomic E-state index is 0.0785. The van der Waals surface area contributed by atoms with Gasteiger partial charge < -0.3 is 14.9 Å². The van der Waals surface area contributed by atoms with Crippen LogP contribution in [0.3, 0.4) is 0 Å². The first-order valence-corrected chi connectivity index (χ1v) is 11.7. The number of carbonyl (C=O) groups is 2. The van der Waals surface area contributed by atoms with Gasteiger partial charge in [0.25, 0.3) is 0 Å². The van der Waals surface area contributed by atoms with Crippen LogP contribution in [0.1, 0.15) is 62.6 Å². The molecule has 2 N–H and O–H groups in total. The third-order valence-corrected chi connectivity index (χ3v) is 7.04. The van der Waals surface area contributed by atoms with Crippen LogP contribution in [-0.2, 0) is 19.9 Å². The van der Waals surface area contributed by atoms with Crippen LogP contribution in [0.5, 0.6) is 0 Å². The minimum Gasteiger partial charge on any atom is -0.511 e. The molecule has 32 heavy (non-hydrogen) atoms. The molecule has 0 aromatic heterocycles. The largest absolute Gasteiger partial charge is 0.511 e. The first-order chi connectivity index (χ1) is 15.2. The number of ether oxygens (including phenoxy) is 1. The second-order valence-corrected chi connectivity index (χ2v) is 9.63. The van der Waals surface area contributed by atoms with Crippen molar-refractivity contribution in [3.8, 4) is 0 Å². The van der Waals surface area contributed by atoms with E-state index in [0.29, 0.717) is 18.4 Å². The molecule has 0 saturated heterocycles. The van der Waals surface area contributed by atoms with Gasteiger partial charge in [-0.25, -0.2) is 4.79 Å². The number of esters is 1. The molecule has 2 unspecified atom stereocenters. The zero-order chi connectivity index (χ0) is 23.5. The number of aliphatic hydroxyl groups is 1. The summed E-state index contributed by atoms with van der Waals surface area (Å²) >= 11 is 1.19. The first-order valence-electron chi connectivity index (χ1n) is 10.9. The van der Waals surface area contributed by atoms with E-state index in [9.17, 15) is 19.8 Å². The summed E-state index contributed by atoms with van der Waals surface area (Å²) in [7, 11) is 0. The number of rotatable bonds is 8. The van der Waals surface area contributed by atoms with Crippen molar-refractivity contribution in [1.82, 2.24) is 0 Å². The highest BCUT2D eigenvalue weighted by molar-refractivity contribution is 8.04. The van der Waals surface area contributed by atoms with Crippen LogP contribution in [0.25, 0.3) is 0 Å². The van der Waals surface area contributed by atoms with Gasteiger partial charge in [-0.15, -0.1) is 0 Å². The average Bonchev–Trinajstić information content (AvgIpc) is 2.74. The lowest BCUT2D eigenvalue weighted by molar-refractivity contribution is -0.176. The van der Waals surface area contributed by atoms with E-state index in [1.54, 1.807) is 24.3 Å². The number of thioether (sulfide) groups is 1. The molecule has 6 heteroatoms. The monoisotopic (exact) mass is 454 g/mol. The fraction of sp³-hybridized carbons (Fsp3) is 0.385. The van der Waals surface area contributed by atoms with Gasteiger partial charge in [0.1, 0.15) is 16.6 Å². The Kier molecular flexibility index (Phi) is 7.34. The fourth-order valence-corrected chi connectivity index (χ4v) is 5.44. The zero-order valence-corrected chi connectivity index (χ0v) is 19.7. The first kappa shape index (κ1) is 23.9. The lowest BCUT2D eigenvalue weighted by Crippen LogP contribution is -2.46. The van der Waals surface area contributed by atoms with Crippen molar-refractivity contribution in [3.63, 3.8) is 0 Å². The normalized spacial score (nSPS) is 19.7. The summed E-state index contributed by atoms with van der Waals surface area (Å²) in [6, 6.07) is 14.9. The lowest BCUT2D eigenvalue weighted by atomic mass is 9.75. The number of hydrogen-bond donors (Lipinski definition) is 2. The van der Waals surface area contributed by atoms with E-state index < -0.39 is 23.5 Å². The summed E-state index contributed by atoms with van der Waals surface area (Å²) in [5.41, 5.74) is 1.24. The molecule has 0 amide bonds. The summed E-state index contributed by atoms with van der Waals surface area (Å²) < 4.78 is 5.96. The Morgan fingerprint density at radius 1 is 1.19 bits per heavy atom. The number of aryl methyl sites for hydroxylation is 1. The molecule has 2 aromatic carbocycles. The predicted molar refractivity (Wildman–Crippen MR) is 126 cm³/mol. The molecule has 3 rings (SSSR count). The second-order valence-electron chi connectivity index (χ2n) is 8.58. The number of carbonyl (C=O) groups excluding carboxylic acids is 1. The van der Waals surface area contributed by atoms with Crippen molar-refractivity contribution in [3.05, 3.63) is 75.9 Å². The van der Waals surface area contributed by atoms with Crippen molar-refractivity contribution in [1.29, 1.82) is 0 Å². The Hall–Kier alpha value is -2.73. The van der Waals surface area contributed by atoms with Gasteiger partial charge in [-0.3, -0.25) is 4.79 Å². The maximum absolute atomic E-state index is 13.2. The molecule has 0 aliphatic carbocycles. The third kappa shape index (κ3) is 4.70. The summed E-state index contributed by atoms with van der Waals surface area (Å²) in [5, 5.41) is 21.1. The molecule has 5 nitrogen and oxygen atoms in total. The van der Waals surface area contributed by atoms with Gasteiger partial charge in [0, 0.05) is 4.90 Å². The highest BCUT2D eigenvalue weighted by Crippen LogP contribution is 2.48. The van der Waals surface area contributed by atoms with Gasteiger partial charge in [0.2, 0.25) is 0 Å². The van der Waals surface area contributed by atoms with Crippen LogP contribution in [0, 0.1) is 12.8 Å². The summed E-state index contributed by atoms with van der Waals surface area (Å²) in [6.07, 6.45) is 0.851. The molecule has 2 aromatic rings. The Morgan fingerprint density at radius 2 is 1.88 bits per heavy atom. The highest BCUT2D eigenvalue weighted by Gasteiger charge is 2.52. The summed E-state index contributed by atoms with van der Waals surface area (Å²) in [6.45, 7) is 8.02. The number of aliphatic carboxylic acids is 1. The van der Waals surface area contributed by atoms with Crippen LogP contribution in [-0.4, -0.2) is 22.2 Å². The van der Waals surface area contributed by atoms with E-state index in [2.05, 4.69) is 13.8 Å². The smallest absolute Gasteiger partial charge is 0.349 e. The van der Waals surface area contributed by atoms with E-state index in [1.807, 2.05) is 38.1 Å². The van der Waals surface area contributed by atoms with Crippen molar-refractivity contribution < 1.29 is 24.5 Å². The lowest BCUT2D eigenvalue weighted by Gasteiger charge is -2.41. The average molecular weight is 455 g/mol. The number of carboxylic acids is 1. The maximum atomic E-state index is 13.2. The number of aliphatic hydroxyl groups excluding tert-OH is 1. The van der Waals surface area contributed by atoms with Crippen LogP contribution in [0.4, 0.5) is 0 Å². The molecule has 0 radical (unpaired) electrons. The van der Waals surface area contributed by atoms with E-state index in [0.717, 1.165) is 16.0 Å². The fourth-order valence-electron chi connectivity index (χ4n) is 4.23. The molecule has 1 aliphatic heterocycles. The van der Waals surface area contributed by atoms with Gasteiger partial charge >= 0.3 is 11.9 Å². The second kappa shape index (κ2) is 9.82. The summed E-state index contributed by atoms with van der Waals surface area (Å²) in [5.74, 6) is -2.61. The molecule has 0 fully saturated rings. The van der Waals surface area contributed by atoms with Crippen molar-refractivity contribution >= 4 is 23.7 Å². The topological polar surface area (TPSA) is 83.8 Å². The molecular weight excluding hydrogens is 424 g/mol. The summed E-state index contributed by atoms with van der Waals surface area (Å²) in [4.78, 5) is 26.5. The maximum Gasteiger partial charge on any atom is 0.349 e. The standard InChI is InChI=1S/C26H30O5S/c1-5-9-20(24(28)29)26(18-10-7-6-8-11-18)15-21(27)23(25(30)31-26)32-22-14-17(4)12-13-19(22)16(2)3/h6-8,10-14,16,20,27H,5,9,15H2,1-4H3,(H,28,29). The molecular formula is C26H30O5S. The quantitative estimate of drug-likeness (QED) is 0.454. The van der Waals surface area contributed by atoms with Gasteiger partial charge in [0.15, 0.2) is 5.60 Å². The van der Waals surface area contributed by atoms with E-state index in [-0.39, 0.29) is 23.0 Å². The number of carboxylic acid groups (broad SMARTS) is 1. The Labute approximate surface area is 193 Å². The van der Waals surface area contributed by atoms with Crippen molar-refractivity contribution in [2.24, 2.45) is 5.92 Å². The minimum atomic E-state index is -1.46. The van der Waals surface area contributed by atoms with Crippen LogP contribution >= 0.6 is 11.8 Å². The van der Waals surface area contributed by atoms with Crippen LogP contribution in [0.15, 0.2) is 64.1 Å². The third-order valence-electron chi connectivity index (χ3n) is 5.86. The predicted octanol–water partition coefficient (Wildman–Crippen LogP) is 6.32. The molecule has 1 heterocycles. The van der Waals surface area contributed by atoms with Crippen LogP contribution in [0.2, 0.25) is 0 Å². The Balaban J connectivity index is 2.08. The molecule has 0 saturated carbocycles. The van der Waals surface area contributed by atoms with E-state index in [4.69, 9.17) is 4.74 Å². The van der Waals surface area contributed by atoms with Crippen LogP contribution < -0.4 is 0 Å². The SMILES string of the molecule is CCCC(C(=O)O)C1(c2ccccc2)CC(O)=C(Sc2cc(C)ccc2C(C)C)C(=O)O1. The number of cyclic esters (lactones) is 1. The molecule has 1 aliphatic rings. The number of benzene rings is 2. The Morgan fingerprint density at radius 3 is 2.44 bits per heavy atom. The zero-order valence-electron chi connectivity index (χ0n) is 18.9. The van der Waals surface area contributed by atoms with E-state index in [1.165, 1.54) is 11.8 Å². The van der Waals surface area contributed by atoms with Gasteiger partial charge in [-0.05, 0) is 42.0 Å². The number of hydrogen-bond acceptors (Lipinski definition) is 5. The van der Waals surface area contributed by atoms with Gasteiger partial charge in [-0.2, -0.15) is 0 Å². The van der Waals surface area contributed by atoms with Crippen molar-refractivity contribution in [2.45, 2.75) is 63.4 Å². The van der Waals surface area contributed by atoms with E-state index >= 15 is 0 Å². The van der Waals surface area contributed by atoms with Crippen molar-refractivity contribution in [2.75, 3.05) is 0 Å². The molecule has 2 atom stereocenters. The Bertz CT molecular complexity index is 1030. The highest BCUT2D eigenvalue weighted by atomic mass is 32.2. The molecule has 0 spiro atoms.